The molecule has 0 radical (unpaired) electrons. The van der Waals surface area contributed by atoms with Gasteiger partial charge in [-0.25, -0.2) is 27.5 Å². The Morgan fingerprint density at radius 1 is 1.12 bits per heavy atom. The van der Waals surface area contributed by atoms with Crippen LogP contribution in [0, 0.1) is 18.7 Å². The molecule has 3 aliphatic rings. The zero-order valence-electron chi connectivity index (χ0n) is 23.2. The Morgan fingerprint density at radius 3 is 2.44 bits per heavy atom. The zero-order chi connectivity index (χ0) is 28.9. The number of ether oxygens (including phenoxy) is 1. The van der Waals surface area contributed by atoms with Crippen molar-refractivity contribution < 1.29 is 22.3 Å². The lowest BCUT2D eigenvalue weighted by molar-refractivity contribution is -0.0469. The fourth-order valence-electron chi connectivity index (χ4n) is 5.88. The standard InChI is InChI=1S/C29H34F4N6O2/c1-17(20-4-3-5-21(23(20)31)26(32)33)34-27-22-13-39(29(16-30)6-7-29)28(40)25(24(22)35-18(2)36-27)38-10-8-37(9-11-38)12-19-14-41-15-19/h3-5,13,17,19,26H,6-12,14-16H2,1-2H3,(H,34,35,36)/t17-/m1/s1. The Bertz CT molecular complexity index is 1500. The van der Waals surface area contributed by atoms with Gasteiger partial charge in [-0.05, 0) is 26.7 Å². The van der Waals surface area contributed by atoms with Crippen LogP contribution in [0.3, 0.4) is 0 Å². The van der Waals surface area contributed by atoms with Gasteiger partial charge >= 0.3 is 0 Å². The number of rotatable bonds is 9. The van der Waals surface area contributed by atoms with Crippen molar-refractivity contribution in [3.05, 3.63) is 57.5 Å². The maximum absolute atomic E-state index is 15.0. The summed E-state index contributed by atoms with van der Waals surface area (Å²) in [5, 5.41) is 3.67. The summed E-state index contributed by atoms with van der Waals surface area (Å²) in [5.41, 5.74) is -0.958. The SMILES string of the molecule is Cc1nc(N[C@H](C)c2cccc(C(F)F)c2F)c2cn(C3(CF)CC3)c(=O)c(N3CCN(CC4COC4)CC3)c2n1. The molecule has 41 heavy (non-hydrogen) atoms. The number of hydrogen-bond donors (Lipinski definition) is 1. The number of aryl methyl sites for hydroxylation is 1. The number of nitrogens with one attached hydrogen (secondary N) is 1. The molecule has 8 nitrogen and oxygen atoms in total. The van der Waals surface area contributed by atoms with Crippen molar-refractivity contribution >= 4 is 22.4 Å². The largest absolute Gasteiger partial charge is 0.381 e. The molecule has 1 N–H and O–H groups in total. The van der Waals surface area contributed by atoms with E-state index in [1.54, 1.807) is 20.0 Å². The second-order valence-corrected chi connectivity index (χ2v) is 11.5. The fraction of sp³-hybridized carbons (Fsp3) is 0.552. The summed E-state index contributed by atoms with van der Waals surface area (Å²) in [6.07, 6.45) is -0.257. The van der Waals surface area contributed by atoms with Crippen LogP contribution in [0.1, 0.15) is 49.2 Å². The van der Waals surface area contributed by atoms with Gasteiger partial charge in [0.05, 0.1) is 35.7 Å². The average Bonchev–Trinajstić information content (AvgIpc) is 3.72. The second kappa shape index (κ2) is 10.9. The van der Waals surface area contributed by atoms with Crippen LogP contribution in [0.15, 0.2) is 29.2 Å². The summed E-state index contributed by atoms with van der Waals surface area (Å²) in [5.74, 6) is 0.279. The van der Waals surface area contributed by atoms with Crippen molar-refractivity contribution in [2.75, 3.05) is 62.8 Å². The van der Waals surface area contributed by atoms with Gasteiger partial charge in [0.25, 0.3) is 12.0 Å². The number of piperazine rings is 1. The van der Waals surface area contributed by atoms with E-state index in [9.17, 15) is 22.4 Å². The van der Waals surface area contributed by atoms with E-state index in [4.69, 9.17) is 4.74 Å². The normalized spacial score (nSPS) is 19.9. The highest BCUT2D eigenvalue weighted by Crippen LogP contribution is 2.44. The lowest BCUT2D eigenvalue weighted by atomic mass is 10.0. The predicted molar refractivity (Wildman–Crippen MR) is 148 cm³/mol. The molecular weight excluding hydrogens is 540 g/mol. The molecule has 1 atom stereocenters. The molecule has 3 fully saturated rings. The van der Waals surface area contributed by atoms with Crippen LogP contribution in [0.2, 0.25) is 0 Å². The highest BCUT2D eigenvalue weighted by molar-refractivity contribution is 5.97. The Hall–Kier alpha value is -3.25. The van der Waals surface area contributed by atoms with Gasteiger partial charge in [0.2, 0.25) is 0 Å². The molecule has 1 aliphatic carbocycles. The molecule has 1 saturated carbocycles. The van der Waals surface area contributed by atoms with Crippen LogP contribution in [0.25, 0.3) is 10.9 Å². The molecule has 2 aliphatic heterocycles. The molecule has 1 aromatic carbocycles. The lowest BCUT2D eigenvalue weighted by Crippen LogP contribution is -2.51. The van der Waals surface area contributed by atoms with E-state index in [1.165, 1.54) is 16.7 Å². The monoisotopic (exact) mass is 574 g/mol. The molecule has 0 bridgehead atoms. The van der Waals surface area contributed by atoms with Crippen LogP contribution in [0.5, 0.6) is 0 Å². The summed E-state index contributed by atoms with van der Waals surface area (Å²) in [6.45, 7) is 7.95. The molecule has 6 rings (SSSR count). The first-order chi connectivity index (χ1) is 19.7. The van der Waals surface area contributed by atoms with Gasteiger partial charge < -0.3 is 19.5 Å². The van der Waals surface area contributed by atoms with Crippen LogP contribution >= 0.6 is 0 Å². The van der Waals surface area contributed by atoms with E-state index >= 15 is 0 Å². The lowest BCUT2D eigenvalue weighted by Gasteiger charge is -2.39. The van der Waals surface area contributed by atoms with E-state index in [-0.39, 0.29) is 11.1 Å². The smallest absolute Gasteiger partial charge is 0.276 e. The molecule has 0 spiro atoms. The molecule has 0 unspecified atom stereocenters. The topological polar surface area (TPSA) is 75.5 Å². The Labute approximate surface area is 235 Å². The average molecular weight is 575 g/mol. The summed E-state index contributed by atoms with van der Waals surface area (Å²) in [6, 6.07) is 3.18. The maximum Gasteiger partial charge on any atom is 0.276 e. The molecule has 0 amide bonds. The summed E-state index contributed by atoms with van der Waals surface area (Å²) in [4.78, 5) is 27.6. The molecule has 2 saturated heterocycles. The Balaban J connectivity index is 1.40. The van der Waals surface area contributed by atoms with Gasteiger partial charge in [0.1, 0.15) is 35.3 Å². The third-order valence-electron chi connectivity index (χ3n) is 8.57. The Kier molecular flexibility index (Phi) is 7.39. The van der Waals surface area contributed by atoms with Gasteiger partial charge in [-0.3, -0.25) is 9.69 Å². The van der Waals surface area contributed by atoms with Gasteiger partial charge in [-0.15, -0.1) is 0 Å². The van der Waals surface area contributed by atoms with Crippen molar-refractivity contribution in [3.63, 3.8) is 0 Å². The third-order valence-corrected chi connectivity index (χ3v) is 8.57. The van der Waals surface area contributed by atoms with Crippen LogP contribution in [-0.2, 0) is 10.3 Å². The van der Waals surface area contributed by atoms with E-state index in [1.807, 2.05) is 4.90 Å². The van der Waals surface area contributed by atoms with Gasteiger partial charge in [-0.1, -0.05) is 18.2 Å². The van der Waals surface area contributed by atoms with Crippen LogP contribution < -0.4 is 15.8 Å². The number of nitrogens with zero attached hydrogens (tertiary/aromatic N) is 5. The second-order valence-electron chi connectivity index (χ2n) is 11.5. The number of halogens is 4. The molecule has 2 aromatic heterocycles. The zero-order valence-corrected chi connectivity index (χ0v) is 23.2. The van der Waals surface area contributed by atoms with Crippen molar-refractivity contribution in [3.8, 4) is 0 Å². The highest BCUT2D eigenvalue weighted by atomic mass is 19.3. The third kappa shape index (κ3) is 5.16. The van der Waals surface area contributed by atoms with Gasteiger partial charge in [0, 0.05) is 50.4 Å². The Morgan fingerprint density at radius 2 is 1.83 bits per heavy atom. The number of aromatic nitrogens is 3. The quantitative estimate of drug-likeness (QED) is 0.375. The molecule has 12 heteroatoms. The summed E-state index contributed by atoms with van der Waals surface area (Å²) >= 11 is 0. The number of anilines is 2. The minimum atomic E-state index is -2.95. The first-order valence-corrected chi connectivity index (χ1v) is 14.1. The molecular formula is C29H34F4N6O2. The van der Waals surface area contributed by atoms with E-state index in [0.717, 1.165) is 38.9 Å². The van der Waals surface area contributed by atoms with E-state index in [2.05, 4.69) is 20.2 Å². The van der Waals surface area contributed by atoms with Crippen molar-refractivity contribution in [2.24, 2.45) is 5.92 Å². The van der Waals surface area contributed by atoms with E-state index < -0.39 is 36.1 Å². The number of pyridine rings is 1. The first-order valence-electron chi connectivity index (χ1n) is 14.1. The maximum atomic E-state index is 15.0. The van der Waals surface area contributed by atoms with Crippen molar-refractivity contribution in [1.29, 1.82) is 0 Å². The van der Waals surface area contributed by atoms with Gasteiger partial charge in [0.15, 0.2) is 0 Å². The van der Waals surface area contributed by atoms with Crippen LogP contribution in [-0.4, -0.2) is 72.0 Å². The molecule has 3 aromatic rings. The minimum Gasteiger partial charge on any atom is -0.381 e. The highest BCUT2D eigenvalue weighted by Gasteiger charge is 2.46. The number of hydrogen-bond acceptors (Lipinski definition) is 7. The predicted octanol–water partition coefficient (Wildman–Crippen LogP) is 4.58. The van der Waals surface area contributed by atoms with Crippen LogP contribution in [0.4, 0.5) is 29.1 Å². The van der Waals surface area contributed by atoms with Crippen molar-refractivity contribution in [1.82, 2.24) is 19.4 Å². The van der Waals surface area contributed by atoms with Crippen molar-refractivity contribution in [2.45, 2.75) is 44.7 Å². The molecule has 4 heterocycles. The summed E-state index contributed by atoms with van der Waals surface area (Å²) in [7, 11) is 0. The summed E-state index contributed by atoms with van der Waals surface area (Å²) < 4.78 is 62.8. The number of fused-ring (bicyclic) bond motifs is 1. The van der Waals surface area contributed by atoms with E-state index in [0.29, 0.717) is 60.1 Å². The first kappa shape index (κ1) is 27.9. The van der Waals surface area contributed by atoms with Gasteiger partial charge in [-0.2, -0.15) is 0 Å². The number of benzene rings is 1. The number of alkyl halides is 3. The molecule has 220 valence electrons. The minimum absolute atomic E-state index is 0.0659. The fourth-order valence-corrected chi connectivity index (χ4v) is 5.88.